The summed E-state index contributed by atoms with van der Waals surface area (Å²) in [6.45, 7) is 2.55. The minimum atomic E-state index is -0.612. The Kier molecular flexibility index (Phi) is 2.53. The average molecular weight is 280 g/mol. The smallest absolute Gasteiger partial charge is 0.344 e. The fraction of sp³-hybridized carbons (Fsp3) is 0.231. The number of phenols is 1. The third kappa shape index (κ3) is 1.55. The molecule has 19 heavy (non-hydrogen) atoms. The third-order valence-corrected chi connectivity index (χ3v) is 3.61. The molecule has 5 nitrogen and oxygen atoms in total. The SMILES string of the molecule is CCn1c2c(c(=O)c3cc(O)c(Cl)cc31)C(=O)OC2. The number of rotatable bonds is 1. The van der Waals surface area contributed by atoms with E-state index in [-0.39, 0.29) is 28.3 Å². The van der Waals surface area contributed by atoms with Gasteiger partial charge in [-0.05, 0) is 19.1 Å². The molecule has 2 aromatic rings. The highest BCUT2D eigenvalue weighted by Crippen LogP contribution is 2.30. The molecule has 0 atom stereocenters. The Balaban J connectivity index is 2.56. The van der Waals surface area contributed by atoms with Crippen LogP contribution in [0.15, 0.2) is 16.9 Å². The average Bonchev–Trinajstić information content (AvgIpc) is 2.75. The number of ether oxygens (including phenoxy) is 1. The summed E-state index contributed by atoms with van der Waals surface area (Å²) in [5, 5.41) is 10.1. The number of benzene rings is 1. The second kappa shape index (κ2) is 3.99. The molecule has 0 fully saturated rings. The van der Waals surface area contributed by atoms with Gasteiger partial charge in [0.15, 0.2) is 0 Å². The lowest BCUT2D eigenvalue weighted by atomic mass is 10.1. The molecule has 1 aliphatic rings. The van der Waals surface area contributed by atoms with Crippen LogP contribution < -0.4 is 5.43 Å². The van der Waals surface area contributed by atoms with Gasteiger partial charge < -0.3 is 14.4 Å². The van der Waals surface area contributed by atoms with Gasteiger partial charge in [0.1, 0.15) is 17.9 Å². The number of esters is 1. The van der Waals surface area contributed by atoms with Crippen LogP contribution in [0.25, 0.3) is 10.9 Å². The summed E-state index contributed by atoms with van der Waals surface area (Å²) in [5.74, 6) is -0.793. The minimum Gasteiger partial charge on any atom is -0.506 e. The van der Waals surface area contributed by atoms with E-state index < -0.39 is 11.4 Å². The van der Waals surface area contributed by atoms with Crippen molar-refractivity contribution in [1.82, 2.24) is 4.57 Å². The summed E-state index contributed by atoms with van der Waals surface area (Å²) in [4.78, 5) is 23.9. The van der Waals surface area contributed by atoms with Gasteiger partial charge in [0.05, 0.1) is 21.6 Å². The molecule has 0 bridgehead atoms. The molecule has 1 aromatic heterocycles. The molecule has 0 amide bonds. The van der Waals surface area contributed by atoms with Gasteiger partial charge in [-0.2, -0.15) is 0 Å². The molecule has 0 saturated carbocycles. The van der Waals surface area contributed by atoms with Crippen molar-refractivity contribution in [2.24, 2.45) is 0 Å². The van der Waals surface area contributed by atoms with E-state index in [1.807, 2.05) is 11.5 Å². The van der Waals surface area contributed by atoms with Gasteiger partial charge in [-0.15, -0.1) is 0 Å². The summed E-state index contributed by atoms with van der Waals surface area (Å²) < 4.78 is 6.73. The second-order valence-electron chi connectivity index (χ2n) is 4.29. The maximum atomic E-state index is 12.3. The molecule has 0 saturated heterocycles. The van der Waals surface area contributed by atoms with Crippen LogP contribution in [-0.2, 0) is 17.9 Å². The van der Waals surface area contributed by atoms with E-state index in [0.29, 0.717) is 17.8 Å². The van der Waals surface area contributed by atoms with Crippen molar-refractivity contribution in [2.75, 3.05) is 0 Å². The number of nitrogens with zero attached hydrogens (tertiary/aromatic N) is 1. The first-order chi connectivity index (χ1) is 9.04. The molecule has 0 spiro atoms. The minimum absolute atomic E-state index is 0.0519. The van der Waals surface area contributed by atoms with Crippen molar-refractivity contribution < 1.29 is 14.6 Å². The summed E-state index contributed by atoms with van der Waals surface area (Å²) in [7, 11) is 0. The Labute approximate surface area is 113 Å². The topological polar surface area (TPSA) is 68.5 Å². The molecular formula is C13H10ClNO4. The molecule has 1 aliphatic heterocycles. The predicted molar refractivity (Wildman–Crippen MR) is 69.7 cm³/mol. The molecule has 6 heteroatoms. The van der Waals surface area contributed by atoms with Crippen LogP contribution in [0.5, 0.6) is 5.75 Å². The molecular weight excluding hydrogens is 270 g/mol. The number of cyclic esters (lactones) is 1. The normalized spacial score (nSPS) is 13.7. The number of aromatic nitrogens is 1. The lowest BCUT2D eigenvalue weighted by Gasteiger charge is -2.13. The van der Waals surface area contributed by atoms with Crippen molar-refractivity contribution in [3.8, 4) is 5.75 Å². The van der Waals surface area contributed by atoms with Gasteiger partial charge >= 0.3 is 5.97 Å². The van der Waals surface area contributed by atoms with Crippen molar-refractivity contribution in [3.05, 3.63) is 38.6 Å². The standard InChI is InChI=1S/C13H10ClNO4/c1-2-15-8-4-7(14)10(16)3-6(8)12(17)11-9(15)5-19-13(11)18/h3-4,16H,2,5H2,1H3. The van der Waals surface area contributed by atoms with Crippen LogP contribution in [0, 0.1) is 0 Å². The summed E-state index contributed by atoms with van der Waals surface area (Å²) in [6, 6.07) is 2.82. The highest BCUT2D eigenvalue weighted by molar-refractivity contribution is 6.32. The van der Waals surface area contributed by atoms with E-state index in [9.17, 15) is 14.7 Å². The highest BCUT2D eigenvalue weighted by Gasteiger charge is 2.29. The van der Waals surface area contributed by atoms with Crippen molar-refractivity contribution >= 4 is 28.5 Å². The first-order valence-electron chi connectivity index (χ1n) is 5.79. The quantitative estimate of drug-likeness (QED) is 0.811. The number of halogens is 1. The fourth-order valence-corrected chi connectivity index (χ4v) is 2.59. The molecule has 1 N–H and O–H groups in total. The van der Waals surface area contributed by atoms with Crippen LogP contribution in [0.3, 0.4) is 0 Å². The van der Waals surface area contributed by atoms with E-state index in [1.165, 1.54) is 12.1 Å². The number of carbonyl (C=O) groups is 1. The zero-order valence-corrected chi connectivity index (χ0v) is 10.8. The number of aryl methyl sites for hydroxylation is 1. The summed E-state index contributed by atoms with van der Waals surface area (Å²) in [6.07, 6.45) is 0. The molecule has 0 radical (unpaired) electrons. The number of aromatic hydroxyl groups is 1. The molecule has 98 valence electrons. The van der Waals surface area contributed by atoms with Crippen LogP contribution in [0.2, 0.25) is 5.02 Å². The Morgan fingerprint density at radius 2 is 2.16 bits per heavy atom. The van der Waals surface area contributed by atoms with Crippen LogP contribution in [-0.4, -0.2) is 15.6 Å². The number of carbonyl (C=O) groups excluding carboxylic acids is 1. The molecule has 1 aromatic carbocycles. The first kappa shape index (κ1) is 12.0. The Morgan fingerprint density at radius 1 is 1.42 bits per heavy atom. The highest BCUT2D eigenvalue weighted by atomic mass is 35.5. The largest absolute Gasteiger partial charge is 0.506 e. The number of hydrogen-bond donors (Lipinski definition) is 1. The zero-order valence-electron chi connectivity index (χ0n) is 10.1. The van der Waals surface area contributed by atoms with Crippen molar-refractivity contribution in [1.29, 1.82) is 0 Å². The Hall–Kier alpha value is -2.01. The zero-order chi connectivity index (χ0) is 13.7. The predicted octanol–water partition coefficient (Wildman–Crippen LogP) is 2.05. The Morgan fingerprint density at radius 3 is 2.84 bits per heavy atom. The number of hydrogen-bond acceptors (Lipinski definition) is 4. The fourth-order valence-electron chi connectivity index (χ4n) is 2.43. The Bertz CT molecular complexity index is 779. The van der Waals surface area contributed by atoms with Crippen LogP contribution >= 0.6 is 11.6 Å². The lowest BCUT2D eigenvalue weighted by molar-refractivity contribution is 0.0531. The molecule has 0 unspecified atom stereocenters. The van der Waals surface area contributed by atoms with E-state index in [0.717, 1.165) is 0 Å². The number of fused-ring (bicyclic) bond motifs is 2. The van der Waals surface area contributed by atoms with E-state index in [2.05, 4.69) is 0 Å². The van der Waals surface area contributed by atoms with Gasteiger partial charge in [0.2, 0.25) is 5.43 Å². The first-order valence-corrected chi connectivity index (χ1v) is 6.17. The van der Waals surface area contributed by atoms with Gasteiger partial charge in [-0.25, -0.2) is 4.79 Å². The van der Waals surface area contributed by atoms with Gasteiger partial charge in [-0.3, -0.25) is 4.79 Å². The molecule has 2 heterocycles. The molecule has 0 aliphatic carbocycles. The van der Waals surface area contributed by atoms with Gasteiger partial charge in [-0.1, -0.05) is 11.6 Å². The van der Waals surface area contributed by atoms with Crippen LogP contribution in [0.1, 0.15) is 23.0 Å². The van der Waals surface area contributed by atoms with E-state index >= 15 is 0 Å². The van der Waals surface area contributed by atoms with Gasteiger partial charge in [0, 0.05) is 6.54 Å². The van der Waals surface area contributed by atoms with E-state index in [4.69, 9.17) is 16.3 Å². The summed E-state index contributed by atoms with van der Waals surface area (Å²) in [5.41, 5.74) is 0.777. The second-order valence-corrected chi connectivity index (χ2v) is 4.70. The van der Waals surface area contributed by atoms with Gasteiger partial charge in [0.25, 0.3) is 0 Å². The van der Waals surface area contributed by atoms with E-state index in [1.54, 1.807) is 0 Å². The summed E-state index contributed by atoms with van der Waals surface area (Å²) >= 11 is 5.88. The molecule has 3 rings (SSSR count). The maximum Gasteiger partial charge on any atom is 0.344 e. The number of phenolic OH excluding ortho intramolecular Hbond substituents is 1. The lowest BCUT2D eigenvalue weighted by Crippen LogP contribution is -2.19. The van der Waals surface area contributed by atoms with Crippen molar-refractivity contribution in [2.45, 2.75) is 20.1 Å². The third-order valence-electron chi connectivity index (χ3n) is 3.30. The van der Waals surface area contributed by atoms with Crippen molar-refractivity contribution in [3.63, 3.8) is 0 Å². The van der Waals surface area contributed by atoms with Crippen LogP contribution in [0.4, 0.5) is 0 Å². The number of pyridine rings is 1. The maximum absolute atomic E-state index is 12.3. The monoisotopic (exact) mass is 279 g/mol.